The molecule has 0 radical (unpaired) electrons. The standard InChI is InChI=1S/C20H23N3O5/c1-20(2,3)22(21(4)18(24)14-9-7-6-8-10-14)19(25)15-11-12-16(23(26)27)17(13-15)28-5/h6-13H,1-5H3. The fourth-order valence-corrected chi connectivity index (χ4v) is 2.83. The van der Waals surface area contributed by atoms with Gasteiger partial charge in [0.2, 0.25) is 0 Å². The summed E-state index contributed by atoms with van der Waals surface area (Å²) in [6.07, 6.45) is 0. The van der Waals surface area contributed by atoms with Gasteiger partial charge in [0.15, 0.2) is 5.75 Å². The zero-order valence-corrected chi connectivity index (χ0v) is 16.5. The molecule has 0 saturated heterocycles. The molecule has 0 aliphatic heterocycles. The van der Waals surface area contributed by atoms with Gasteiger partial charge in [-0.25, -0.2) is 10.0 Å². The first kappa shape index (κ1) is 20.9. The predicted molar refractivity (Wildman–Crippen MR) is 104 cm³/mol. The first-order valence-electron chi connectivity index (χ1n) is 8.58. The lowest BCUT2D eigenvalue weighted by molar-refractivity contribution is -0.385. The maximum Gasteiger partial charge on any atom is 0.310 e. The Labute approximate surface area is 163 Å². The maximum absolute atomic E-state index is 13.2. The van der Waals surface area contributed by atoms with E-state index in [1.165, 1.54) is 42.4 Å². The molecule has 0 aliphatic rings. The fraction of sp³-hybridized carbons (Fsp3) is 0.300. The molecule has 0 fully saturated rings. The van der Waals surface area contributed by atoms with Crippen molar-refractivity contribution >= 4 is 17.5 Å². The minimum Gasteiger partial charge on any atom is -0.490 e. The van der Waals surface area contributed by atoms with Crippen LogP contribution in [0.15, 0.2) is 48.5 Å². The minimum atomic E-state index is -0.731. The van der Waals surface area contributed by atoms with Gasteiger partial charge in [-0.2, -0.15) is 0 Å². The van der Waals surface area contributed by atoms with Crippen molar-refractivity contribution in [3.05, 3.63) is 69.8 Å². The van der Waals surface area contributed by atoms with E-state index in [4.69, 9.17) is 4.74 Å². The molecule has 0 atom stereocenters. The zero-order valence-electron chi connectivity index (χ0n) is 16.5. The molecular formula is C20H23N3O5. The summed E-state index contributed by atoms with van der Waals surface area (Å²) in [4.78, 5) is 36.6. The van der Waals surface area contributed by atoms with Gasteiger partial charge in [0, 0.05) is 30.3 Å². The first-order chi connectivity index (χ1) is 13.1. The van der Waals surface area contributed by atoms with Crippen molar-refractivity contribution in [3.63, 3.8) is 0 Å². The molecule has 8 nitrogen and oxygen atoms in total. The lowest BCUT2D eigenvalue weighted by atomic mass is 10.1. The molecule has 2 rings (SSSR count). The molecule has 2 aromatic rings. The van der Waals surface area contributed by atoms with Gasteiger partial charge in [-0.1, -0.05) is 18.2 Å². The maximum atomic E-state index is 13.2. The van der Waals surface area contributed by atoms with E-state index in [0.29, 0.717) is 5.56 Å². The number of nitrogens with zero attached hydrogens (tertiary/aromatic N) is 3. The Bertz CT molecular complexity index is 890. The Morgan fingerprint density at radius 2 is 1.61 bits per heavy atom. The van der Waals surface area contributed by atoms with Crippen molar-refractivity contribution in [3.8, 4) is 5.75 Å². The average molecular weight is 385 g/mol. The SMILES string of the molecule is COc1cc(C(=O)N(N(C)C(=O)c2ccccc2)C(C)(C)C)ccc1[N+](=O)[O-]. The van der Waals surface area contributed by atoms with Crippen LogP contribution in [-0.4, -0.2) is 46.5 Å². The monoisotopic (exact) mass is 385 g/mol. The van der Waals surface area contributed by atoms with E-state index in [1.54, 1.807) is 51.1 Å². The van der Waals surface area contributed by atoms with E-state index < -0.39 is 16.4 Å². The minimum absolute atomic E-state index is 0.0262. The van der Waals surface area contributed by atoms with Gasteiger partial charge in [0.25, 0.3) is 11.8 Å². The summed E-state index contributed by atoms with van der Waals surface area (Å²) in [6.45, 7) is 5.38. The molecule has 2 amide bonds. The molecule has 0 heterocycles. The highest BCUT2D eigenvalue weighted by molar-refractivity contribution is 5.99. The van der Waals surface area contributed by atoms with E-state index in [2.05, 4.69) is 0 Å². The van der Waals surface area contributed by atoms with Crippen molar-refractivity contribution in [1.29, 1.82) is 0 Å². The molecule has 2 aromatic carbocycles. The molecule has 0 N–H and O–H groups in total. The second-order valence-electron chi connectivity index (χ2n) is 7.13. The number of nitro groups is 1. The van der Waals surface area contributed by atoms with Gasteiger partial charge < -0.3 is 4.74 Å². The Morgan fingerprint density at radius 1 is 1.00 bits per heavy atom. The lowest BCUT2D eigenvalue weighted by Gasteiger charge is -2.41. The van der Waals surface area contributed by atoms with Crippen molar-refractivity contribution in [1.82, 2.24) is 10.0 Å². The third-order valence-electron chi connectivity index (χ3n) is 4.07. The molecule has 148 valence electrons. The topological polar surface area (TPSA) is 93.0 Å². The highest BCUT2D eigenvalue weighted by atomic mass is 16.6. The van der Waals surface area contributed by atoms with Gasteiger partial charge in [-0.3, -0.25) is 19.7 Å². The molecule has 0 aliphatic carbocycles. The normalized spacial score (nSPS) is 10.9. The number of hydrogen-bond acceptors (Lipinski definition) is 5. The predicted octanol–water partition coefficient (Wildman–Crippen LogP) is 3.53. The molecule has 0 aromatic heterocycles. The molecule has 0 saturated carbocycles. The molecule has 0 spiro atoms. The number of ether oxygens (including phenoxy) is 1. The second kappa shape index (κ2) is 8.08. The lowest BCUT2D eigenvalue weighted by Crippen LogP contribution is -2.56. The van der Waals surface area contributed by atoms with Crippen molar-refractivity contribution in [2.75, 3.05) is 14.2 Å². The first-order valence-corrected chi connectivity index (χ1v) is 8.58. The summed E-state index contributed by atoms with van der Waals surface area (Å²) in [5.74, 6) is -0.855. The van der Waals surface area contributed by atoms with Crippen LogP contribution < -0.4 is 4.74 Å². The smallest absolute Gasteiger partial charge is 0.310 e. The highest BCUT2D eigenvalue weighted by Gasteiger charge is 2.34. The summed E-state index contributed by atoms with van der Waals surface area (Å²) >= 11 is 0. The summed E-state index contributed by atoms with van der Waals surface area (Å²) in [5, 5.41) is 13.7. The van der Waals surface area contributed by atoms with E-state index in [1.807, 2.05) is 0 Å². The summed E-state index contributed by atoms with van der Waals surface area (Å²) in [6, 6.07) is 12.5. The number of rotatable bonds is 4. The van der Waals surface area contributed by atoms with E-state index in [9.17, 15) is 19.7 Å². The molecule has 28 heavy (non-hydrogen) atoms. The van der Waals surface area contributed by atoms with E-state index in [0.717, 1.165) is 0 Å². The van der Waals surface area contributed by atoms with Crippen LogP contribution in [0.5, 0.6) is 5.75 Å². The zero-order chi connectivity index (χ0) is 21.1. The quantitative estimate of drug-likeness (QED) is 0.593. The van der Waals surface area contributed by atoms with Crippen LogP contribution in [0.25, 0.3) is 0 Å². The van der Waals surface area contributed by atoms with Gasteiger partial charge >= 0.3 is 5.69 Å². The van der Waals surface area contributed by atoms with Gasteiger partial charge in [0.1, 0.15) is 0 Å². The van der Waals surface area contributed by atoms with Crippen LogP contribution in [-0.2, 0) is 0 Å². The highest BCUT2D eigenvalue weighted by Crippen LogP contribution is 2.29. The summed E-state index contributed by atoms with van der Waals surface area (Å²) < 4.78 is 5.05. The molecule has 8 heteroatoms. The number of hydrazine groups is 1. The second-order valence-corrected chi connectivity index (χ2v) is 7.13. The van der Waals surface area contributed by atoms with Crippen LogP contribution in [0.1, 0.15) is 41.5 Å². The number of methoxy groups -OCH3 is 1. The number of carbonyl (C=O) groups is 2. The van der Waals surface area contributed by atoms with Crippen LogP contribution in [0.3, 0.4) is 0 Å². The van der Waals surface area contributed by atoms with E-state index in [-0.39, 0.29) is 22.9 Å². The summed E-state index contributed by atoms with van der Waals surface area (Å²) in [5.41, 5.74) is -0.362. The molecular weight excluding hydrogens is 362 g/mol. The van der Waals surface area contributed by atoms with Gasteiger partial charge in [-0.15, -0.1) is 0 Å². The number of benzene rings is 2. The van der Waals surface area contributed by atoms with Crippen LogP contribution in [0, 0.1) is 10.1 Å². The van der Waals surface area contributed by atoms with Crippen molar-refractivity contribution < 1.29 is 19.2 Å². The third kappa shape index (κ3) is 4.28. The van der Waals surface area contributed by atoms with E-state index >= 15 is 0 Å². The number of hydrogen-bond donors (Lipinski definition) is 0. The number of carbonyl (C=O) groups excluding carboxylic acids is 2. The number of nitro benzene ring substituents is 1. The number of amides is 2. The molecule has 0 bridgehead atoms. The fourth-order valence-electron chi connectivity index (χ4n) is 2.83. The third-order valence-corrected chi connectivity index (χ3v) is 4.07. The summed E-state index contributed by atoms with van der Waals surface area (Å²) in [7, 11) is 2.81. The van der Waals surface area contributed by atoms with Gasteiger partial charge in [-0.05, 0) is 39.0 Å². The Morgan fingerprint density at radius 3 is 2.11 bits per heavy atom. The average Bonchev–Trinajstić information content (AvgIpc) is 2.66. The largest absolute Gasteiger partial charge is 0.490 e. The van der Waals surface area contributed by atoms with Crippen molar-refractivity contribution in [2.24, 2.45) is 0 Å². The van der Waals surface area contributed by atoms with Crippen molar-refractivity contribution in [2.45, 2.75) is 26.3 Å². The van der Waals surface area contributed by atoms with Crippen LogP contribution in [0.2, 0.25) is 0 Å². The van der Waals surface area contributed by atoms with Crippen LogP contribution >= 0.6 is 0 Å². The van der Waals surface area contributed by atoms with Gasteiger partial charge in [0.05, 0.1) is 17.6 Å². The Hall–Kier alpha value is -3.42. The van der Waals surface area contributed by atoms with Crippen LogP contribution in [0.4, 0.5) is 5.69 Å². The Balaban J connectivity index is 2.45. The Kier molecular flexibility index (Phi) is 6.03. The molecule has 0 unspecified atom stereocenters.